The summed E-state index contributed by atoms with van der Waals surface area (Å²) in [6.45, 7) is 2.31. The monoisotopic (exact) mass is 294 g/mol. The van der Waals surface area contributed by atoms with Crippen molar-refractivity contribution in [3.8, 4) is 0 Å². The lowest BCUT2D eigenvalue weighted by molar-refractivity contribution is 0.313. The van der Waals surface area contributed by atoms with Crippen LogP contribution in [0.2, 0.25) is 0 Å². The summed E-state index contributed by atoms with van der Waals surface area (Å²) in [4.78, 5) is 8.35. The van der Waals surface area contributed by atoms with Crippen LogP contribution < -0.4 is 0 Å². The van der Waals surface area contributed by atoms with Crippen molar-refractivity contribution < 1.29 is 0 Å². The maximum atomic E-state index is 4.60. The van der Waals surface area contributed by atoms with Crippen LogP contribution in [0.3, 0.4) is 0 Å². The predicted molar refractivity (Wildman–Crippen MR) is 87.6 cm³/mol. The van der Waals surface area contributed by atoms with Crippen molar-refractivity contribution in [2.24, 2.45) is 0 Å². The predicted octanol–water partition coefficient (Wildman–Crippen LogP) is 4.07. The summed E-state index contributed by atoms with van der Waals surface area (Å²) in [5, 5.41) is 1.15. The molecule has 0 bridgehead atoms. The van der Waals surface area contributed by atoms with Gasteiger partial charge in [-0.2, -0.15) is 0 Å². The fourth-order valence-corrected chi connectivity index (χ4v) is 4.22. The van der Waals surface area contributed by atoms with Gasteiger partial charge in [-0.15, -0.1) is 0 Å². The average Bonchev–Trinajstić information content (AvgIpc) is 2.53. The Morgan fingerprint density at radius 2 is 1.76 bits per heavy atom. The Morgan fingerprint density at radius 3 is 2.62 bits per heavy atom. The molecular formula is C18H18N2S. The van der Waals surface area contributed by atoms with Crippen molar-refractivity contribution in [3.63, 3.8) is 0 Å². The second kappa shape index (κ2) is 5.32. The highest BCUT2D eigenvalue weighted by Gasteiger charge is 2.25. The molecule has 21 heavy (non-hydrogen) atoms. The largest absolute Gasteiger partial charge is 0.306 e. The molecule has 0 unspecified atom stereocenters. The molecule has 2 aliphatic rings. The van der Waals surface area contributed by atoms with Crippen molar-refractivity contribution in [2.75, 3.05) is 20.1 Å². The zero-order valence-electron chi connectivity index (χ0n) is 12.2. The maximum Gasteiger partial charge on any atom is 0.109 e. The van der Waals surface area contributed by atoms with E-state index in [1.807, 2.05) is 6.20 Å². The number of piperidine rings is 1. The zero-order valence-corrected chi connectivity index (χ0v) is 13.0. The quantitative estimate of drug-likeness (QED) is 0.621. The number of hydrogen-bond acceptors (Lipinski definition) is 3. The number of rotatable bonds is 0. The maximum absolute atomic E-state index is 4.60. The first-order chi connectivity index (χ1) is 10.3. The van der Waals surface area contributed by atoms with Gasteiger partial charge in [-0.25, -0.2) is 4.98 Å². The molecule has 3 heteroatoms. The van der Waals surface area contributed by atoms with E-state index in [9.17, 15) is 0 Å². The van der Waals surface area contributed by atoms with Gasteiger partial charge in [0.15, 0.2) is 0 Å². The van der Waals surface area contributed by atoms with Gasteiger partial charge in [0, 0.05) is 29.7 Å². The molecule has 2 aromatic rings. The molecule has 1 aromatic carbocycles. The van der Waals surface area contributed by atoms with Gasteiger partial charge in [-0.3, -0.25) is 0 Å². The van der Waals surface area contributed by atoms with Gasteiger partial charge in [0.2, 0.25) is 0 Å². The van der Waals surface area contributed by atoms with Gasteiger partial charge in [0.05, 0.1) is 0 Å². The van der Waals surface area contributed by atoms with E-state index in [2.05, 4.69) is 53.3 Å². The van der Waals surface area contributed by atoms with Gasteiger partial charge >= 0.3 is 0 Å². The molecule has 0 N–H and O–H groups in total. The Labute approximate surface area is 129 Å². The van der Waals surface area contributed by atoms with E-state index < -0.39 is 0 Å². The molecule has 2 aliphatic heterocycles. The highest BCUT2D eigenvalue weighted by molar-refractivity contribution is 7.99. The number of fused-ring (bicyclic) bond motifs is 2. The van der Waals surface area contributed by atoms with Crippen molar-refractivity contribution in [1.29, 1.82) is 0 Å². The Morgan fingerprint density at radius 1 is 1.00 bits per heavy atom. The molecule has 0 aliphatic carbocycles. The third kappa shape index (κ3) is 2.30. The van der Waals surface area contributed by atoms with E-state index in [0.29, 0.717) is 0 Å². The van der Waals surface area contributed by atoms with E-state index in [1.165, 1.54) is 34.4 Å². The van der Waals surface area contributed by atoms with Crippen molar-refractivity contribution in [3.05, 3.63) is 59.3 Å². The van der Waals surface area contributed by atoms with Gasteiger partial charge in [-0.05, 0) is 43.2 Å². The van der Waals surface area contributed by atoms with Gasteiger partial charge in [0.1, 0.15) is 5.03 Å². The summed E-state index contributed by atoms with van der Waals surface area (Å²) >= 11 is 1.80. The molecule has 0 atom stereocenters. The molecule has 0 saturated carbocycles. The Kier molecular flexibility index (Phi) is 3.32. The van der Waals surface area contributed by atoms with Crippen LogP contribution in [0.1, 0.15) is 24.0 Å². The summed E-state index contributed by atoms with van der Waals surface area (Å²) < 4.78 is 0. The molecular weight excluding hydrogens is 276 g/mol. The first-order valence-electron chi connectivity index (χ1n) is 7.46. The summed E-state index contributed by atoms with van der Waals surface area (Å²) in [6, 6.07) is 13.0. The third-order valence-corrected chi connectivity index (χ3v) is 5.44. The van der Waals surface area contributed by atoms with E-state index in [-0.39, 0.29) is 0 Å². The fourth-order valence-electron chi connectivity index (χ4n) is 3.19. The van der Waals surface area contributed by atoms with Crippen LogP contribution in [0.25, 0.3) is 5.57 Å². The number of benzene rings is 1. The molecule has 3 heterocycles. The van der Waals surface area contributed by atoms with E-state index in [1.54, 1.807) is 17.3 Å². The molecule has 106 valence electrons. The number of likely N-dealkylation sites (tertiary alicyclic amines) is 1. The summed E-state index contributed by atoms with van der Waals surface area (Å²) in [6.07, 6.45) is 4.23. The van der Waals surface area contributed by atoms with Crippen LogP contribution in [0.4, 0.5) is 0 Å². The highest BCUT2D eigenvalue weighted by atomic mass is 32.2. The minimum absolute atomic E-state index is 1.15. The van der Waals surface area contributed by atoms with Crippen LogP contribution in [0, 0.1) is 0 Å². The van der Waals surface area contributed by atoms with Crippen molar-refractivity contribution in [1.82, 2.24) is 9.88 Å². The number of pyridine rings is 1. The lowest BCUT2D eigenvalue weighted by Crippen LogP contribution is -2.27. The van der Waals surface area contributed by atoms with Crippen LogP contribution >= 0.6 is 11.8 Å². The van der Waals surface area contributed by atoms with Crippen molar-refractivity contribution >= 4 is 17.3 Å². The Hall–Kier alpha value is -1.58. The Balaban J connectivity index is 1.92. The second-order valence-corrected chi connectivity index (χ2v) is 6.77. The number of nitrogens with zero attached hydrogens (tertiary/aromatic N) is 2. The molecule has 4 rings (SSSR count). The minimum Gasteiger partial charge on any atom is -0.306 e. The van der Waals surface area contributed by atoms with Crippen LogP contribution in [0.5, 0.6) is 0 Å². The van der Waals surface area contributed by atoms with E-state index in [0.717, 1.165) is 18.1 Å². The molecule has 1 saturated heterocycles. The van der Waals surface area contributed by atoms with Gasteiger partial charge in [0.25, 0.3) is 0 Å². The standard InChI is InChI=1S/C18H18N2S/c1-20-11-8-13(9-12-20)17-14-5-2-3-7-16(14)21-18-15(17)6-4-10-19-18/h2-7,10H,8-9,11-12H2,1H3. The van der Waals surface area contributed by atoms with E-state index in [4.69, 9.17) is 0 Å². The molecule has 0 radical (unpaired) electrons. The lowest BCUT2D eigenvalue weighted by atomic mass is 9.89. The fraction of sp³-hybridized carbons (Fsp3) is 0.278. The minimum atomic E-state index is 1.15. The molecule has 1 aromatic heterocycles. The smallest absolute Gasteiger partial charge is 0.109 e. The second-order valence-electron chi connectivity index (χ2n) is 5.74. The van der Waals surface area contributed by atoms with Gasteiger partial charge < -0.3 is 4.90 Å². The first kappa shape index (κ1) is 13.1. The van der Waals surface area contributed by atoms with E-state index >= 15 is 0 Å². The van der Waals surface area contributed by atoms with Gasteiger partial charge in [-0.1, -0.05) is 41.6 Å². The summed E-state index contributed by atoms with van der Waals surface area (Å²) in [5.41, 5.74) is 5.75. The average molecular weight is 294 g/mol. The molecule has 2 nitrogen and oxygen atoms in total. The summed E-state index contributed by atoms with van der Waals surface area (Å²) in [7, 11) is 2.21. The number of aromatic nitrogens is 1. The van der Waals surface area contributed by atoms with Crippen LogP contribution in [-0.4, -0.2) is 30.0 Å². The van der Waals surface area contributed by atoms with Crippen LogP contribution in [-0.2, 0) is 0 Å². The Bertz CT molecular complexity index is 663. The first-order valence-corrected chi connectivity index (χ1v) is 8.28. The van der Waals surface area contributed by atoms with Crippen LogP contribution in [0.15, 0.2) is 58.1 Å². The molecule has 1 fully saturated rings. The third-order valence-electron chi connectivity index (χ3n) is 4.35. The highest BCUT2D eigenvalue weighted by Crippen LogP contribution is 2.46. The topological polar surface area (TPSA) is 16.1 Å². The molecule has 0 spiro atoms. The normalized spacial score (nSPS) is 18.3. The lowest BCUT2D eigenvalue weighted by Gasteiger charge is -2.29. The SMILES string of the molecule is CN1CCC(=C2c3ccccc3Sc3ncccc32)CC1. The molecule has 0 amide bonds. The summed E-state index contributed by atoms with van der Waals surface area (Å²) in [5.74, 6) is 0. The van der Waals surface area contributed by atoms with Crippen molar-refractivity contribution in [2.45, 2.75) is 22.8 Å². The zero-order chi connectivity index (χ0) is 14.2. The number of hydrogen-bond donors (Lipinski definition) is 0.